The maximum Gasteiger partial charge on any atom is 0.174 e. The number of benzene rings is 1. The first-order valence-electron chi connectivity index (χ1n) is 9.00. The molecule has 4 aromatic rings. The van der Waals surface area contributed by atoms with Crippen LogP contribution in [0.2, 0.25) is 0 Å². The average molecular weight is 392 g/mol. The number of fused-ring (bicyclic) bond motifs is 1. The smallest absolute Gasteiger partial charge is 0.174 e. The van der Waals surface area contributed by atoms with Crippen molar-refractivity contribution in [2.45, 2.75) is 25.8 Å². The Bertz CT molecular complexity index is 1190. The standard InChI is InChI=1S/C21H21N5OS/c1-13-6-5-7-16(8-13)26-14(2)9-17(15(26)3)19(27)11-28-21-18-10-24-25(4)20(18)22-12-23-21/h5-10,12H,11H2,1-4H3. The minimum Gasteiger partial charge on any atom is -0.318 e. The number of aryl methyl sites for hydroxylation is 3. The molecule has 0 saturated heterocycles. The number of carbonyl (C=O) groups is 1. The second kappa shape index (κ2) is 7.24. The third-order valence-corrected chi connectivity index (χ3v) is 5.83. The Morgan fingerprint density at radius 1 is 1.14 bits per heavy atom. The van der Waals surface area contributed by atoms with Crippen LogP contribution in [0.25, 0.3) is 16.7 Å². The predicted octanol–water partition coefficient (Wildman–Crippen LogP) is 4.05. The molecule has 0 fully saturated rings. The Balaban J connectivity index is 1.60. The van der Waals surface area contributed by atoms with Crippen molar-refractivity contribution in [3.05, 3.63) is 65.4 Å². The molecule has 6 nitrogen and oxygen atoms in total. The fraction of sp³-hybridized carbons (Fsp3) is 0.238. The summed E-state index contributed by atoms with van der Waals surface area (Å²) >= 11 is 1.43. The summed E-state index contributed by atoms with van der Waals surface area (Å²) in [6.45, 7) is 6.10. The van der Waals surface area contributed by atoms with E-state index in [1.807, 2.05) is 33.0 Å². The zero-order valence-corrected chi connectivity index (χ0v) is 17.1. The maximum absolute atomic E-state index is 12.9. The van der Waals surface area contributed by atoms with Crippen LogP contribution in [0.4, 0.5) is 0 Å². The number of thioether (sulfide) groups is 1. The summed E-state index contributed by atoms with van der Waals surface area (Å²) in [4.78, 5) is 21.5. The molecular formula is C21H21N5OS. The van der Waals surface area contributed by atoms with E-state index >= 15 is 0 Å². The molecule has 0 aliphatic heterocycles. The first kappa shape index (κ1) is 18.4. The molecule has 0 radical (unpaired) electrons. The van der Waals surface area contributed by atoms with Gasteiger partial charge >= 0.3 is 0 Å². The van der Waals surface area contributed by atoms with Crippen molar-refractivity contribution in [2.24, 2.45) is 7.05 Å². The van der Waals surface area contributed by atoms with Crippen LogP contribution in [0.5, 0.6) is 0 Å². The van der Waals surface area contributed by atoms with Crippen LogP contribution in [0.3, 0.4) is 0 Å². The number of Topliss-reactive ketones (excluding diaryl/α,β-unsaturated/α-hetero) is 1. The van der Waals surface area contributed by atoms with E-state index in [0.29, 0.717) is 5.75 Å². The molecule has 0 bridgehead atoms. The Kier molecular flexibility index (Phi) is 4.77. The molecule has 0 N–H and O–H groups in total. The molecular weight excluding hydrogens is 370 g/mol. The Morgan fingerprint density at radius 3 is 2.75 bits per heavy atom. The number of ketones is 1. The zero-order chi connectivity index (χ0) is 19.8. The van der Waals surface area contributed by atoms with Gasteiger partial charge in [0.25, 0.3) is 0 Å². The quantitative estimate of drug-likeness (QED) is 0.292. The molecule has 1 aromatic carbocycles. The van der Waals surface area contributed by atoms with E-state index in [-0.39, 0.29) is 5.78 Å². The van der Waals surface area contributed by atoms with Crippen molar-refractivity contribution in [3.8, 4) is 5.69 Å². The fourth-order valence-electron chi connectivity index (χ4n) is 3.48. The third kappa shape index (κ3) is 3.22. The van der Waals surface area contributed by atoms with Gasteiger partial charge in [-0.15, -0.1) is 0 Å². The van der Waals surface area contributed by atoms with E-state index in [1.54, 1.807) is 10.9 Å². The molecule has 0 aliphatic rings. The molecule has 0 atom stereocenters. The van der Waals surface area contributed by atoms with Crippen molar-refractivity contribution in [3.63, 3.8) is 0 Å². The Labute approximate surface area is 167 Å². The van der Waals surface area contributed by atoms with Gasteiger partial charge in [-0.05, 0) is 44.5 Å². The second-order valence-electron chi connectivity index (χ2n) is 6.86. The molecule has 0 spiro atoms. The fourth-order valence-corrected chi connectivity index (χ4v) is 4.32. The number of hydrogen-bond acceptors (Lipinski definition) is 5. The molecule has 0 aliphatic carbocycles. The lowest BCUT2D eigenvalue weighted by molar-refractivity contribution is 0.102. The van der Waals surface area contributed by atoms with E-state index < -0.39 is 0 Å². The third-order valence-electron chi connectivity index (χ3n) is 4.82. The maximum atomic E-state index is 12.9. The van der Waals surface area contributed by atoms with Crippen LogP contribution in [-0.4, -0.2) is 35.9 Å². The largest absolute Gasteiger partial charge is 0.318 e. The molecule has 4 rings (SSSR count). The lowest BCUT2D eigenvalue weighted by Crippen LogP contribution is -2.06. The lowest BCUT2D eigenvalue weighted by Gasteiger charge is -2.10. The summed E-state index contributed by atoms with van der Waals surface area (Å²) in [5.74, 6) is 0.409. The van der Waals surface area contributed by atoms with Crippen LogP contribution in [0.1, 0.15) is 27.3 Å². The summed E-state index contributed by atoms with van der Waals surface area (Å²) in [5, 5.41) is 5.87. The number of rotatable bonds is 5. The van der Waals surface area contributed by atoms with E-state index in [9.17, 15) is 4.79 Å². The molecule has 28 heavy (non-hydrogen) atoms. The predicted molar refractivity (Wildman–Crippen MR) is 111 cm³/mol. The van der Waals surface area contributed by atoms with Gasteiger partial charge in [0.05, 0.1) is 17.3 Å². The van der Waals surface area contributed by atoms with Gasteiger partial charge in [0.1, 0.15) is 11.4 Å². The van der Waals surface area contributed by atoms with Crippen LogP contribution in [-0.2, 0) is 7.05 Å². The average Bonchev–Trinajstić information content (AvgIpc) is 3.20. The summed E-state index contributed by atoms with van der Waals surface area (Å²) in [7, 11) is 1.84. The summed E-state index contributed by atoms with van der Waals surface area (Å²) in [6, 6.07) is 10.3. The second-order valence-corrected chi connectivity index (χ2v) is 7.82. The molecule has 142 valence electrons. The number of aromatic nitrogens is 5. The van der Waals surface area contributed by atoms with Gasteiger partial charge in [-0.3, -0.25) is 9.48 Å². The normalized spacial score (nSPS) is 11.3. The highest BCUT2D eigenvalue weighted by atomic mass is 32.2. The van der Waals surface area contributed by atoms with Crippen molar-refractivity contribution < 1.29 is 4.79 Å². The first-order valence-corrected chi connectivity index (χ1v) is 9.99. The van der Waals surface area contributed by atoms with Crippen LogP contribution in [0.15, 0.2) is 47.9 Å². The summed E-state index contributed by atoms with van der Waals surface area (Å²) in [6.07, 6.45) is 3.26. The SMILES string of the molecule is Cc1cccc(-n2c(C)cc(C(=O)CSc3ncnc4c3cnn4C)c2C)c1. The lowest BCUT2D eigenvalue weighted by atomic mass is 10.2. The minimum absolute atomic E-state index is 0.0904. The van der Waals surface area contributed by atoms with Crippen molar-refractivity contribution in [1.82, 2.24) is 24.3 Å². The number of nitrogens with zero attached hydrogens (tertiary/aromatic N) is 5. The molecule has 0 amide bonds. The van der Waals surface area contributed by atoms with Crippen LogP contribution >= 0.6 is 11.8 Å². The van der Waals surface area contributed by atoms with Crippen LogP contribution < -0.4 is 0 Å². The summed E-state index contributed by atoms with van der Waals surface area (Å²) < 4.78 is 3.84. The highest BCUT2D eigenvalue weighted by molar-refractivity contribution is 8.00. The van der Waals surface area contributed by atoms with E-state index in [1.165, 1.54) is 23.7 Å². The van der Waals surface area contributed by atoms with Gasteiger partial charge in [-0.2, -0.15) is 5.10 Å². The van der Waals surface area contributed by atoms with Gasteiger partial charge in [0, 0.05) is 29.7 Å². The molecule has 3 aromatic heterocycles. The van der Waals surface area contributed by atoms with Crippen molar-refractivity contribution in [2.75, 3.05) is 5.75 Å². The Hall–Kier alpha value is -2.93. The first-order chi connectivity index (χ1) is 13.5. The van der Waals surface area contributed by atoms with Crippen molar-refractivity contribution >= 4 is 28.6 Å². The van der Waals surface area contributed by atoms with Gasteiger partial charge in [-0.25, -0.2) is 9.97 Å². The topological polar surface area (TPSA) is 65.6 Å². The van der Waals surface area contributed by atoms with E-state index in [4.69, 9.17) is 0 Å². The van der Waals surface area contributed by atoms with E-state index in [2.05, 4.69) is 44.8 Å². The Morgan fingerprint density at radius 2 is 1.96 bits per heavy atom. The summed E-state index contributed by atoms with van der Waals surface area (Å²) in [5.41, 5.74) is 5.80. The van der Waals surface area contributed by atoms with Gasteiger partial charge in [0.2, 0.25) is 0 Å². The highest BCUT2D eigenvalue weighted by Crippen LogP contribution is 2.27. The minimum atomic E-state index is 0.0904. The van der Waals surface area contributed by atoms with Gasteiger partial charge in [-0.1, -0.05) is 23.9 Å². The molecule has 0 saturated carbocycles. The molecule has 0 unspecified atom stereocenters. The molecule has 3 heterocycles. The van der Waals surface area contributed by atoms with Gasteiger partial charge in [0.15, 0.2) is 11.4 Å². The number of hydrogen-bond donors (Lipinski definition) is 0. The van der Waals surface area contributed by atoms with Crippen molar-refractivity contribution in [1.29, 1.82) is 0 Å². The van der Waals surface area contributed by atoms with E-state index in [0.717, 1.165) is 38.7 Å². The van der Waals surface area contributed by atoms with Gasteiger partial charge < -0.3 is 4.57 Å². The zero-order valence-electron chi connectivity index (χ0n) is 16.3. The highest BCUT2D eigenvalue weighted by Gasteiger charge is 2.18. The monoisotopic (exact) mass is 391 g/mol. The van der Waals surface area contributed by atoms with Crippen LogP contribution in [0, 0.1) is 20.8 Å². The molecule has 7 heteroatoms. The number of carbonyl (C=O) groups excluding carboxylic acids is 1.